The molecule has 6 nitrogen and oxygen atoms in total. The van der Waals surface area contributed by atoms with Gasteiger partial charge in [-0.15, -0.1) is 0 Å². The fraction of sp³-hybridized carbons (Fsp3) is 0.429. The van der Waals surface area contributed by atoms with Crippen LogP contribution in [0.4, 0.5) is 0 Å². The molecule has 1 rings (SSSR count). The van der Waals surface area contributed by atoms with Gasteiger partial charge in [-0.3, -0.25) is 0 Å². The van der Waals surface area contributed by atoms with E-state index in [1.165, 1.54) is 13.2 Å². The van der Waals surface area contributed by atoms with Crippen LogP contribution in [-0.4, -0.2) is 48.6 Å². The summed E-state index contributed by atoms with van der Waals surface area (Å²) in [5.74, 6) is -1.43. The minimum atomic E-state index is -1.01. The largest absolute Gasteiger partial charge is 0.465 e. The zero-order chi connectivity index (χ0) is 15.1. The first kappa shape index (κ1) is 16.1. The maximum Gasteiger partial charge on any atom is 0.339 e. The van der Waals surface area contributed by atoms with E-state index < -0.39 is 31.3 Å². The van der Waals surface area contributed by atoms with Crippen molar-refractivity contribution in [2.24, 2.45) is 0 Å². The van der Waals surface area contributed by atoms with Crippen molar-refractivity contribution >= 4 is 11.9 Å². The molecule has 0 saturated heterocycles. The number of hydrogen-bond acceptors (Lipinski definition) is 6. The van der Waals surface area contributed by atoms with Gasteiger partial charge in [0.2, 0.25) is 0 Å². The second-order valence-electron chi connectivity index (χ2n) is 4.12. The standard InChI is InChI=1S/C14H18O6/c1-3-9-4-5-11(12(6-9)13(17)19-2)14(18)20-10(7-15)8-16/h4-6,10,15-16H,3,7-8H2,1-2H3. The number of ether oxygens (including phenoxy) is 2. The Labute approximate surface area is 116 Å². The number of aryl methyl sites for hydroxylation is 1. The molecule has 110 valence electrons. The monoisotopic (exact) mass is 282 g/mol. The molecule has 1 aromatic rings. The number of aliphatic hydroxyl groups is 2. The summed E-state index contributed by atoms with van der Waals surface area (Å²) in [6, 6.07) is 4.74. The summed E-state index contributed by atoms with van der Waals surface area (Å²) in [5, 5.41) is 17.8. The first-order valence-corrected chi connectivity index (χ1v) is 6.21. The van der Waals surface area contributed by atoms with E-state index in [-0.39, 0.29) is 11.1 Å². The van der Waals surface area contributed by atoms with Gasteiger partial charge in [0, 0.05) is 0 Å². The third-order valence-corrected chi connectivity index (χ3v) is 2.80. The van der Waals surface area contributed by atoms with Gasteiger partial charge < -0.3 is 19.7 Å². The lowest BCUT2D eigenvalue weighted by atomic mass is 10.0. The Hall–Kier alpha value is -1.92. The Morgan fingerprint density at radius 1 is 1.15 bits per heavy atom. The van der Waals surface area contributed by atoms with Gasteiger partial charge in [-0.05, 0) is 24.1 Å². The van der Waals surface area contributed by atoms with E-state index >= 15 is 0 Å². The number of hydrogen-bond donors (Lipinski definition) is 2. The Morgan fingerprint density at radius 2 is 1.80 bits per heavy atom. The Kier molecular flexibility index (Phi) is 6.14. The molecule has 0 fully saturated rings. The first-order valence-electron chi connectivity index (χ1n) is 6.21. The van der Waals surface area contributed by atoms with Crippen molar-refractivity contribution < 1.29 is 29.3 Å². The molecule has 0 unspecified atom stereocenters. The molecule has 0 bridgehead atoms. The van der Waals surface area contributed by atoms with Crippen molar-refractivity contribution in [2.45, 2.75) is 19.4 Å². The SMILES string of the molecule is CCc1ccc(C(=O)OC(CO)CO)c(C(=O)OC)c1. The van der Waals surface area contributed by atoms with Crippen LogP contribution >= 0.6 is 0 Å². The summed E-state index contributed by atoms with van der Waals surface area (Å²) in [6.45, 7) is 0.924. The lowest BCUT2D eigenvalue weighted by Gasteiger charge is -2.14. The van der Waals surface area contributed by atoms with Crippen LogP contribution in [0, 0.1) is 0 Å². The minimum Gasteiger partial charge on any atom is -0.465 e. The Balaban J connectivity index is 3.09. The third kappa shape index (κ3) is 3.79. The lowest BCUT2D eigenvalue weighted by Crippen LogP contribution is -2.26. The molecule has 20 heavy (non-hydrogen) atoms. The zero-order valence-electron chi connectivity index (χ0n) is 11.5. The first-order chi connectivity index (χ1) is 9.57. The predicted octanol–water partition coefficient (Wildman–Crippen LogP) is 0.546. The number of benzene rings is 1. The summed E-state index contributed by atoms with van der Waals surface area (Å²) in [6.07, 6.45) is -0.311. The van der Waals surface area contributed by atoms with Crippen LogP contribution < -0.4 is 0 Å². The molecule has 0 heterocycles. The van der Waals surface area contributed by atoms with Gasteiger partial charge >= 0.3 is 11.9 Å². The van der Waals surface area contributed by atoms with Crippen LogP contribution in [0.2, 0.25) is 0 Å². The molecule has 0 aliphatic carbocycles. The van der Waals surface area contributed by atoms with Crippen molar-refractivity contribution in [3.8, 4) is 0 Å². The fourth-order valence-corrected chi connectivity index (χ4v) is 1.62. The van der Waals surface area contributed by atoms with Gasteiger partial charge in [0.15, 0.2) is 0 Å². The molecule has 0 aliphatic rings. The molecular weight excluding hydrogens is 264 g/mol. The highest BCUT2D eigenvalue weighted by molar-refractivity contribution is 6.03. The van der Waals surface area contributed by atoms with E-state index in [2.05, 4.69) is 4.74 Å². The zero-order valence-corrected chi connectivity index (χ0v) is 11.5. The number of carbonyl (C=O) groups excluding carboxylic acids is 2. The summed E-state index contributed by atoms with van der Waals surface area (Å²) >= 11 is 0. The number of methoxy groups -OCH3 is 1. The number of carbonyl (C=O) groups is 2. The average molecular weight is 282 g/mol. The molecule has 1 aromatic carbocycles. The van der Waals surface area contributed by atoms with Crippen molar-refractivity contribution in [2.75, 3.05) is 20.3 Å². The molecule has 0 aromatic heterocycles. The minimum absolute atomic E-state index is 0.0425. The van der Waals surface area contributed by atoms with Gasteiger partial charge in [-0.25, -0.2) is 9.59 Å². The van der Waals surface area contributed by atoms with Gasteiger partial charge in [0.05, 0.1) is 31.5 Å². The highest BCUT2D eigenvalue weighted by Crippen LogP contribution is 2.16. The predicted molar refractivity (Wildman–Crippen MR) is 70.5 cm³/mol. The van der Waals surface area contributed by atoms with Crippen LogP contribution in [0.3, 0.4) is 0 Å². The summed E-state index contributed by atoms with van der Waals surface area (Å²) in [5.41, 5.74) is 1.02. The molecule has 0 amide bonds. The number of aliphatic hydroxyl groups excluding tert-OH is 2. The van der Waals surface area contributed by atoms with Gasteiger partial charge in [-0.1, -0.05) is 13.0 Å². The van der Waals surface area contributed by atoms with Crippen molar-refractivity contribution in [3.63, 3.8) is 0 Å². The summed E-state index contributed by atoms with van der Waals surface area (Å²) < 4.78 is 9.54. The van der Waals surface area contributed by atoms with Crippen LogP contribution in [0.1, 0.15) is 33.2 Å². The van der Waals surface area contributed by atoms with E-state index in [0.29, 0.717) is 6.42 Å². The molecule has 2 N–H and O–H groups in total. The van der Waals surface area contributed by atoms with Gasteiger partial charge in [0.25, 0.3) is 0 Å². The lowest BCUT2D eigenvalue weighted by molar-refractivity contribution is -0.00567. The summed E-state index contributed by atoms with van der Waals surface area (Å²) in [4.78, 5) is 23.7. The van der Waals surface area contributed by atoms with E-state index in [0.717, 1.165) is 5.56 Å². The maximum atomic E-state index is 12.0. The third-order valence-electron chi connectivity index (χ3n) is 2.80. The molecule has 0 spiro atoms. The molecule has 0 aliphatic heterocycles. The summed E-state index contributed by atoms with van der Waals surface area (Å²) in [7, 11) is 1.22. The maximum absolute atomic E-state index is 12.0. The van der Waals surface area contributed by atoms with E-state index in [9.17, 15) is 9.59 Å². The Bertz CT molecular complexity index is 479. The second-order valence-corrected chi connectivity index (χ2v) is 4.12. The average Bonchev–Trinajstić information content (AvgIpc) is 2.50. The highest BCUT2D eigenvalue weighted by atomic mass is 16.6. The van der Waals surface area contributed by atoms with Crippen molar-refractivity contribution in [1.29, 1.82) is 0 Å². The molecule has 0 saturated carbocycles. The van der Waals surface area contributed by atoms with E-state index in [4.69, 9.17) is 14.9 Å². The van der Waals surface area contributed by atoms with Crippen LogP contribution in [0.25, 0.3) is 0 Å². The molecule has 0 atom stereocenters. The molecular formula is C14H18O6. The normalized spacial score (nSPS) is 10.4. The van der Waals surface area contributed by atoms with E-state index in [1.54, 1.807) is 12.1 Å². The van der Waals surface area contributed by atoms with Crippen LogP contribution in [0.15, 0.2) is 18.2 Å². The van der Waals surface area contributed by atoms with Gasteiger partial charge in [-0.2, -0.15) is 0 Å². The highest BCUT2D eigenvalue weighted by Gasteiger charge is 2.21. The molecule has 6 heteroatoms. The van der Waals surface area contributed by atoms with Crippen LogP contribution in [-0.2, 0) is 15.9 Å². The number of rotatable bonds is 6. The Morgan fingerprint density at radius 3 is 2.30 bits per heavy atom. The second kappa shape index (κ2) is 7.62. The van der Waals surface area contributed by atoms with Gasteiger partial charge in [0.1, 0.15) is 6.10 Å². The fourth-order valence-electron chi connectivity index (χ4n) is 1.62. The van der Waals surface area contributed by atoms with Crippen molar-refractivity contribution in [1.82, 2.24) is 0 Å². The quantitative estimate of drug-likeness (QED) is 0.740. The topological polar surface area (TPSA) is 93.1 Å². The molecule has 0 radical (unpaired) electrons. The smallest absolute Gasteiger partial charge is 0.339 e. The van der Waals surface area contributed by atoms with Crippen molar-refractivity contribution in [3.05, 3.63) is 34.9 Å². The number of esters is 2. The van der Waals surface area contributed by atoms with Crippen LogP contribution in [0.5, 0.6) is 0 Å². The van der Waals surface area contributed by atoms with E-state index in [1.807, 2.05) is 6.92 Å².